The molecule has 0 amide bonds. The molecule has 0 bridgehead atoms. The largest absolute Gasteiger partial charge is 0.315 e. The van der Waals surface area contributed by atoms with Crippen LogP contribution < -0.4 is 5.32 Å². The van der Waals surface area contributed by atoms with Gasteiger partial charge in [-0.05, 0) is 19.9 Å². The highest BCUT2D eigenvalue weighted by Crippen LogP contribution is 1.84. The van der Waals surface area contributed by atoms with E-state index in [0.29, 0.717) is 6.04 Å². The zero-order valence-electron chi connectivity index (χ0n) is 5.49. The third-order valence-electron chi connectivity index (χ3n) is 1.16. The van der Waals surface area contributed by atoms with E-state index in [9.17, 15) is 0 Å². The van der Waals surface area contributed by atoms with Gasteiger partial charge in [-0.1, -0.05) is 13.8 Å². The van der Waals surface area contributed by atoms with Crippen molar-refractivity contribution in [3.8, 4) is 0 Å². The van der Waals surface area contributed by atoms with E-state index >= 15 is 0 Å². The maximum atomic E-state index is 3.30. The second kappa shape index (κ2) is 4.13. The Morgan fingerprint density at radius 3 is 2.29 bits per heavy atom. The van der Waals surface area contributed by atoms with Crippen LogP contribution in [0.2, 0.25) is 0 Å². The molecule has 0 saturated heterocycles. The summed E-state index contributed by atoms with van der Waals surface area (Å²) in [7, 11) is 0. The molecule has 0 aliphatic rings. The van der Waals surface area contributed by atoms with Crippen molar-refractivity contribution >= 4 is 0 Å². The number of hydrogen-bond donors (Lipinski definition) is 1. The quantitative estimate of drug-likeness (QED) is 0.572. The Hall–Kier alpha value is -0.0400. The van der Waals surface area contributed by atoms with Crippen LogP contribution in [0.3, 0.4) is 0 Å². The summed E-state index contributed by atoms with van der Waals surface area (Å²) in [5.41, 5.74) is 0. The Bertz CT molecular complexity index is 39.5. The van der Waals surface area contributed by atoms with E-state index < -0.39 is 0 Å². The normalized spacial score (nSPS) is 14.1. The predicted octanol–water partition coefficient (Wildman–Crippen LogP) is 1.64. The molecule has 0 aromatic heterocycles. The van der Waals surface area contributed by atoms with Gasteiger partial charge < -0.3 is 5.32 Å². The summed E-state index contributed by atoms with van der Waals surface area (Å²) in [5, 5.41) is 3.30. The first-order valence-electron chi connectivity index (χ1n) is 3.04. The summed E-state index contributed by atoms with van der Waals surface area (Å²) in [5.74, 6) is 0. The average molecular weight is 103 g/mol. The number of nitrogens with one attached hydrogen (secondary N) is 1. The smallest absolute Gasteiger partial charge is 0.00359 e. The van der Waals surface area contributed by atoms with Gasteiger partial charge in [0.1, 0.15) is 0 Å². The van der Waals surface area contributed by atoms with Crippen LogP contribution >= 0.6 is 0 Å². The van der Waals surface area contributed by atoms with Gasteiger partial charge >= 0.3 is 0 Å². The summed E-state index contributed by atoms with van der Waals surface area (Å²) in [6.45, 7) is 7.61. The Morgan fingerprint density at radius 2 is 2.14 bits per heavy atom. The van der Waals surface area contributed by atoms with Crippen molar-refractivity contribution in [2.24, 2.45) is 0 Å². The maximum absolute atomic E-state index is 3.30. The van der Waals surface area contributed by atoms with E-state index in [2.05, 4.69) is 26.1 Å². The van der Waals surface area contributed by atoms with Crippen LogP contribution in [-0.2, 0) is 0 Å². The molecule has 0 rings (SSSR count). The van der Waals surface area contributed by atoms with E-state index in [1.807, 2.05) is 0 Å². The lowest BCUT2D eigenvalue weighted by molar-refractivity contribution is 0.553. The van der Waals surface area contributed by atoms with Crippen LogP contribution in [0.15, 0.2) is 0 Å². The van der Waals surface area contributed by atoms with E-state index in [1.165, 1.54) is 6.42 Å². The Balaban J connectivity index is 0. The predicted molar refractivity (Wildman–Crippen MR) is 35.5 cm³/mol. The second-order valence-electron chi connectivity index (χ2n) is 1.87. The van der Waals surface area contributed by atoms with Gasteiger partial charge in [0.05, 0.1) is 0 Å². The fourth-order valence-corrected chi connectivity index (χ4v) is 0.493. The van der Waals surface area contributed by atoms with Crippen molar-refractivity contribution in [3.63, 3.8) is 0 Å². The minimum absolute atomic E-state index is 0. The molecule has 46 valence electrons. The molecule has 1 atom stereocenters. The first kappa shape index (κ1) is 6.96. The third-order valence-corrected chi connectivity index (χ3v) is 1.16. The highest BCUT2D eigenvalue weighted by atomic mass is 14.9. The molecule has 7 heavy (non-hydrogen) atoms. The van der Waals surface area contributed by atoms with Gasteiger partial charge in [-0.15, -0.1) is 0 Å². The molecule has 0 aromatic rings. The lowest BCUT2D eigenvalue weighted by Crippen LogP contribution is -2.24. The lowest BCUT2D eigenvalue weighted by atomic mass is 10.3. The standard InChI is InChI=1S/C6H15N.H2/c1-4-6(3)7-5-2;/h6-7H,4-5H2,1-3H3;1H. The highest BCUT2D eigenvalue weighted by Gasteiger charge is 1.90. The van der Waals surface area contributed by atoms with Gasteiger partial charge in [-0.2, -0.15) is 0 Å². The average Bonchev–Trinajstić information content (AvgIpc) is 1.68. The molecule has 0 saturated carbocycles. The van der Waals surface area contributed by atoms with Crippen molar-refractivity contribution in [1.29, 1.82) is 0 Å². The summed E-state index contributed by atoms with van der Waals surface area (Å²) >= 11 is 0. The fraction of sp³-hybridized carbons (Fsp3) is 1.00. The molecule has 0 aliphatic heterocycles. The van der Waals surface area contributed by atoms with E-state index in [0.717, 1.165) is 6.54 Å². The van der Waals surface area contributed by atoms with E-state index in [1.54, 1.807) is 0 Å². The Morgan fingerprint density at radius 1 is 1.57 bits per heavy atom. The van der Waals surface area contributed by atoms with Gasteiger partial charge in [-0.25, -0.2) is 0 Å². The molecule has 1 unspecified atom stereocenters. The number of hydrogen-bond acceptors (Lipinski definition) is 1. The summed E-state index contributed by atoms with van der Waals surface area (Å²) < 4.78 is 0. The Kier molecular flexibility index (Phi) is 4.10. The molecule has 1 heteroatoms. The van der Waals surface area contributed by atoms with Crippen molar-refractivity contribution in [3.05, 3.63) is 0 Å². The first-order chi connectivity index (χ1) is 3.31. The van der Waals surface area contributed by atoms with Crippen LogP contribution in [-0.4, -0.2) is 12.6 Å². The van der Waals surface area contributed by atoms with Gasteiger partial charge in [0.25, 0.3) is 0 Å². The number of rotatable bonds is 3. The van der Waals surface area contributed by atoms with Crippen LogP contribution in [0, 0.1) is 0 Å². The molecular weight excluding hydrogens is 86.1 g/mol. The minimum Gasteiger partial charge on any atom is -0.315 e. The van der Waals surface area contributed by atoms with Crippen molar-refractivity contribution in [1.82, 2.24) is 5.32 Å². The van der Waals surface area contributed by atoms with Gasteiger partial charge in [0.15, 0.2) is 0 Å². The van der Waals surface area contributed by atoms with E-state index in [4.69, 9.17) is 0 Å². The monoisotopic (exact) mass is 103 g/mol. The minimum atomic E-state index is 0. The SMILES string of the molecule is CCNC(C)CC.[HH]. The third kappa shape index (κ3) is 3.80. The van der Waals surface area contributed by atoms with E-state index in [-0.39, 0.29) is 1.43 Å². The van der Waals surface area contributed by atoms with Gasteiger partial charge in [-0.3, -0.25) is 0 Å². The van der Waals surface area contributed by atoms with Crippen molar-refractivity contribution in [2.45, 2.75) is 33.2 Å². The highest BCUT2D eigenvalue weighted by molar-refractivity contribution is 4.53. The van der Waals surface area contributed by atoms with Gasteiger partial charge in [0, 0.05) is 7.47 Å². The lowest BCUT2D eigenvalue weighted by Gasteiger charge is -2.06. The second-order valence-corrected chi connectivity index (χ2v) is 1.87. The maximum Gasteiger partial charge on any atom is 0.00359 e. The Labute approximate surface area is 47.6 Å². The summed E-state index contributed by atoms with van der Waals surface area (Å²) in [6.07, 6.45) is 1.23. The zero-order chi connectivity index (χ0) is 5.70. The fourth-order valence-electron chi connectivity index (χ4n) is 0.493. The summed E-state index contributed by atoms with van der Waals surface area (Å²) in [4.78, 5) is 0. The van der Waals surface area contributed by atoms with Gasteiger partial charge in [0.2, 0.25) is 0 Å². The first-order valence-corrected chi connectivity index (χ1v) is 3.04. The van der Waals surface area contributed by atoms with Crippen molar-refractivity contribution < 1.29 is 1.43 Å². The zero-order valence-corrected chi connectivity index (χ0v) is 5.49. The molecule has 0 heterocycles. The molecular formula is C6H17N. The topological polar surface area (TPSA) is 12.0 Å². The summed E-state index contributed by atoms with van der Waals surface area (Å²) in [6, 6.07) is 0.699. The molecule has 1 nitrogen and oxygen atoms in total. The molecule has 0 spiro atoms. The molecule has 0 fully saturated rings. The van der Waals surface area contributed by atoms with Crippen LogP contribution in [0.4, 0.5) is 0 Å². The van der Waals surface area contributed by atoms with Crippen LogP contribution in [0.25, 0.3) is 0 Å². The molecule has 0 aromatic carbocycles. The van der Waals surface area contributed by atoms with Crippen LogP contribution in [0.1, 0.15) is 28.6 Å². The molecule has 0 radical (unpaired) electrons. The van der Waals surface area contributed by atoms with Crippen molar-refractivity contribution in [2.75, 3.05) is 6.54 Å². The molecule has 1 N–H and O–H groups in total. The molecule has 0 aliphatic carbocycles. The van der Waals surface area contributed by atoms with Crippen LogP contribution in [0.5, 0.6) is 0 Å².